The number of carbonyl (C=O) groups excluding carboxylic acids is 1. The van der Waals surface area contributed by atoms with E-state index in [-0.39, 0.29) is 12.1 Å². The first kappa shape index (κ1) is 15.4. The van der Waals surface area contributed by atoms with E-state index in [1.807, 2.05) is 32.9 Å². The molecule has 116 valence electrons. The molecule has 1 aliphatic rings. The van der Waals surface area contributed by atoms with Crippen LogP contribution < -0.4 is 10.1 Å². The molecule has 6 nitrogen and oxygen atoms in total. The van der Waals surface area contributed by atoms with Gasteiger partial charge in [0.05, 0.1) is 19.0 Å². The van der Waals surface area contributed by atoms with E-state index in [0.717, 1.165) is 12.1 Å². The smallest absolute Gasteiger partial charge is 0.410 e. The minimum Gasteiger partial charge on any atom is -0.481 e. The molecule has 0 aromatic carbocycles. The van der Waals surface area contributed by atoms with Gasteiger partial charge in [0.25, 0.3) is 0 Å². The monoisotopic (exact) mass is 293 g/mol. The molecule has 0 radical (unpaired) electrons. The van der Waals surface area contributed by atoms with Crippen molar-refractivity contribution in [1.29, 1.82) is 0 Å². The van der Waals surface area contributed by atoms with Crippen molar-refractivity contribution in [1.82, 2.24) is 9.88 Å². The van der Waals surface area contributed by atoms with Crippen LogP contribution in [-0.2, 0) is 4.74 Å². The number of aromatic nitrogens is 1. The lowest BCUT2D eigenvalue weighted by Gasteiger charge is -2.24. The maximum atomic E-state index is 12.0. The number of hydrogen-bond acceptors (Lipinski definition) is 5. The van der Waals surface area contributed by atoms with E-state index in [1.165, 1.54) is 0 Å². The highest BCUT2D eigenvalue weighted by atomic mass is 16.6. The van der Waals surface area contributed by atoms with Crippen LogP contribution in [0.2, 0.25) is 0 Å². The summed E-state index contributed by atoms with van der Waals surface area (Å²) >= 11 is 0. The van der Waals surface area contributed by atoms with Gasteiger partial charge >= 0.3 is 6.09 Å². The van der Waals surface area contributed by atoms with Crippen LogP contribution in [0.5, 0.6) is 5.88 Å². The van der Waals surface area contributed by atoms with E-state index in [2.05, 4.69) is 10.3 Å². The summed E-state index contributed by atoms with van der Waals surface area (Å²) in [6.45, 7) is 6.97. The summed E-state index contributed by atoms with van der Waals surface area (Å²) in [5, 5.41) is 3.37. The second kappa shape index (κ2) is 6.20. The van der Waals surface area contributed by atoms with Crippen molar-refractivity contribution < 1.29 is 14.3 Å². The summed E-state index contributed by atoms with van der Waals surface area (Å²) in [6.07, 6.45) is 2.37. The number of rotatable bonds is 3. The fourth-order valence-electron chi connectivity index (χ4n) is 2.19. The summed E-state index contributed by atoms with van der Waals surface area (Å²) in [5.74, 6) is 0.586. The second-order valence-corrected chi connectivity index (χ2v) is 6.15. The molecule has 1 aromatic heterocycles. The first-order chi connectivity index (χ1) is 9.87. The number of methoxy groups -OCH3 is 1. The molecule has 0 bridgehead atoms. The molecule has 1 saturated heterocycles. The van der Waals surface area contributed by atoms with E-state index in [1.54, 1.807) is 18.2 Å². The van der Waals surface area contributed by atoms with Crippen molar-refractivity contribution >= 4 is 11.8 Å². The van der Waals surface area contributed by atoms with Crippen LogP contribution in [0, 0.1) is 0 Å². The number of amides is 1. The largest absolute Gasteiger partial charge is 0.481 e. The Morgan fingerprint density at radius 2 is 2.19 bits per heavy atom. The fourth-order valence-corrected chi connectivity index (χ4v) is 2.19. The van der Waals surface area contributed by atoms with Gasteiger partial charge in [-0.25, -0.2) is 9.78 Å². The second-order valence-electron chi connectivity index (χ2n) is 6.15. The third-order valence-electron chi connectivity index (χ3n) is 3.16. The van der Waals surface area contributed by atoms with E-state index in [4.69, 9.17) is 9.47 Å². The summed E-state index contributed by atoms with van der Waals surface area (Å²) in [7, 11) is 1.59. The number of carbonyl (C=O) groups is 1. The summed E-state index contributed by atoms with van der Waals surface area (Å²) < 4.78 is 10.4. The molecule has 1 unspecified atom stereocenters. The van der Waals surface area contributed by atoms with Crippen molar-refractivity contribution in [2.24, 2.45) is 0 Å². The van der Waals surface area contributed by atoms with Crippen LogP contribution in [0.25, 0.3) is 0 Å². The molecule has 0 saturated carbocycles. The lowest BCUT2D eigenvalue weighted by molar-refractivity contribution is 0.0293. The van der Waals surface area contributed by atoms with Crippen LogP contribution in [0.4, 0.5) is 10.5 Å². The lowest BCUT2D eigenvalue weighted by Crippen LogP contribution is -2.36. The van der Waals surface area contributed by atoms with Crippen LogP contribution in [0.1, 0.15) is 27.2 Å². The molecule has 1 atom stereocenters. The number of nitrogens with zero attached hydrogens (tertiary/aromatic N) is 2. The fraction of sp³-hybridized carbons (Fsp3) is 0.600. The van der Waals surface area contributed by atoms with Crippen molar-refractivity contribution in [2.75, 3.05) is 25.5 Å². The van der Waals surface area contributed by atoms with Gasteiger partial charge in [0.15, 0.2) is 0 Å². The van der Waals surface area contributed by atoms with Gasteiger partial charge in [0.2, 0.25) is 5.88 Å². The zero-order chi connectivity index (χ0) is 15.5. The number of likely N-dealkylation sites (tertiary alicyclic amines) is 1. The molecule has 1 amide bonds. The molecule has 0 spiro atoms. The van der Waals surface area contributed by atoms with Crippen molar-refractivity contribution in [3.63, 3.8) is 0 Å². The van der Waals surface area contributed by atoms with Crippen LogP contribution in [0.3, 0.4) is 0 Å². The molecule has 1 fully saturated rings. The number of nitrogens with one attached hydrogen (secondary N) is 1. The molecular formula is C15H23N3O3. The predicted octanol–water partition coefficient (Wildman–Crippen LogP) is 2.51. The normalized spacial score (nSPS) is 18.5. The van der Waals surface area contributed by atoms with E-state index < -0.39 is 5.60 Å². The average molecular weight is 293 g/mol. The molecule has 21 heavy (non-hydrogen) atoms. The number of anilines is 1. The summed E-state index contributed by atoms with van der Waals surface area (Å²) in [5.41, 5.74) is 0.467. The third-order valence-corrected chi connectivity index (χ3v) is 3.16. The average Bonchev–Trinajstić information content (AvgIpc) is 2.86. The maximum Gasteiger partial charge on any atom is 0.410 e. The van der Waals surface area contributed by atoms with E-state index >= 15 is 0 Å². The Balaban J connectivity index is 1.86. The summed E-state index contributed by atoms with van der Waals surface area (Å²) in [4.78, 5) is 17.9. The number of pyridine rings is 1. The molecule has 1 N–H and O–H groups in total. The highest BCUT2D eigenvalue weighted by molar-refractivity contribution is 5.68. The van der Waals surface area contributed by atoms with Crippen molar-refractivity contribution in [3.8, 4) is 5.88 Å². The zero-order valence-electron chi connectivity index (χ0n) is 13.0. The minimum atomic E-state index is -0.456. The highest BCUT2D eigenvalue weighted by Crippen LogP contribution is 2.19. The van der Waals surface area contributed by atoms with E-state index in [9.17, 15) is 4.79 Å². The molecule has 6 heteroatoms. The molecule has 2 heterocycles. The molecule has 1 aliphatic heterocycles. The number of ether oxygens (including phenoxy) is 2. The third kappa shape index (κ3) is 4.51. The van der Waals surface area contributed by atoms with Gasteiger partial charge in [0, 0.05) is 25.2 Å². The SMILES string of the molecule is COc1ccc(NC2CCN(C(=O)OC(C)(C)C)C2)cn1. The zero-order valence-corrected chi connectivity index (χ0v) is 13.0. The standard InChI is InChI=1S/C15H23N3O3/c1-15(2,3)21-14(19)18-8-7-12(10-18)17-11-5-6-13(20-4)16-9-11/h5-6,9,12,17H,7-8,10H2,1-4H3. The molecule has 0 aliphatic carbocycles. The van der Waals surface area contributed by atoms with Gasteiger partial charge in [-0.2, -0.15) is 0 Å². The van der Waals surface area contributed by atoms with Gasteiger partial charge < -0.3 is 19.7 Å². The van der Waals surface area contributed by atoms with Crippen molar-refractivity contribution in [3.05, 3.63) is 18.3 Å². The first-order valence-corrected chi connectivity index (χ1v) is 7.12. The Morgan fingerprint density at radius 1 is 1.43 bits per heavy atom. The highest BCUT2D eigenvalue weighted by Gasteiger charge is 2.29. The van der Waals surface area contributed by atoms with Gasteiger partial charge in [-0.3, -0.25) is 0 Å². The Labute approximate surface area is 125 Å². The maximum absolute atomic E-state index is 12.0. The van der Waals surface area contributed by atoms with Gasteiger partial charge in [-0.05, 0) is 33.3 Å². The quantitative estimate of drug-likeness (QED) is 0.927. The van der Waals surface area contributed by atoms with Gasteiger partial charge in [-0.1, -0.05) is 0 Å². The van der Waals surface area contributed by atoms with Gasteiger partial charge in [0.1, 0.15) is 5.60 Å². The van der Waals surface area contributed by atoms with E-state index in [0.29, 0.717) is 19.0 Å². The topological polar surface area (TPSA) is 63.7 Å². The van der Waals surface area contributed by atoms with Crippen LogP contribution in [0.15, 0.2) is 18.3 Å². The van der Waals surface area contributed by atoms with Crippen LogP contribution in [-0.4, -0.2) is 47.8 Å². The Hall–Kier alpha value is -1.98. The number of hydrogen-bond donors (Lipinski definition) is 1. The Kier molecular flexibility index (Phi) is 4.55. The Morgan fingerprint density at radius 3 is 2.76 bits per heavy atom. The first-order valence-electron chi connectivity index (χ1n) is 7.12. The van der Waals surface area contributed by atoms with Crippen molar-refractivity contribution in [2.45, 2.75) is 38.8 Å². The molecular weight excluding hydrogens is 270 g/mol. The molecule has 2 rings (SSSR count). The Bertz CT molecular complexity index is 482. The summed E-state index contributed by atoms with van der Waals surface area (Å²) in [6, 6.07) is 3.94. The van der Waals surface area contributed by atoms with Gasteiger partial charge in [-0.15, -0.1) is 0 Å². The minimum absolute atomic E-state index is 0.215. The molecule has 1 aromatic rings. The van der Waals surface area contributed by atoms with Crippen LogP contribution >= 0.6 is 0 Å². The lowest BCUT2D eigenvalue weighted by atomic mass is 10.2. The predicted molar refractivity (Wildman–Crippen MR) is 80.6 cm³/mol.